The topological polar surface area (TPSA) is 102 Å². The van der Waals surface area contributed by atoms with Gasteiger partial charge in [0, 0.05) is 38.4 Å². The Morgan fingerprint density at radius 2 is 2.25 bits per heavy atom. The molecule has 114 valence electrons. The fourth-order valence-corrected chi connectivity index (χ4v) is 3.82. The van der Waals surface area contributed by atoms with Crippen LogP contribution in [0.5, 0.6) is 0 Å². The van der Waals surface area contributed by atoms with Crippen molar-refractivity contribution < 1.29 is 17.9 Å². The van der Waals surface area contributed by atoms with Crippen molar-refractivity contribution in [3.05, 3.63) is 11.4 Å². The van der Waals surface area contributed by atoms with E-state index in [0.29, 0.717) is 25.3 Å². The number of hydrogen-bond acceptors (Lipinski definition) is 6. The van der Waals surface area contributed by atoms with Crippen LogP contribution in [-0.2, 0) is 19.6 Å². The Balaban J connectivity index is 2.53. The van der Waals surface area contributed by atoms with Crippen molar-refractivity contribution in [2.75, 3.05) is 39.6 Å². The number of nitrogens with two attached hydrogens (primary N) is 1. The maximum atomic E-state index is 12.1. The number of nitrogens with zero attached hydrogens (tertiary/aromatic N) is 1. The van der Waals surface area contributed by atoms with Crippen LogP contribution in [0.3, 0.4) is 0 Å². The molecule has 0 spiro atoms. The predicted octanol–water partition coefficient (Wildman–Crippen LogP) is 0.104. The summed E-state index contributed by atoms with van der Waals surface area (Å²) >= 11 is 1.03. The number of nitrogens with one attached hydrogen (secondary N) is 1. The number of ether oxygens (including phenoxy) is 1. The van der Waals surface area contributed by atoms with Crippen molar-refractivity contribution in [2.24, 2.45) is 0 Å². The molecule has 1 rings (SSSR count). The monoisotopic (exact) mass is 321 g/mol. The third kappa shape index (κ3) is 4.75. The van der Waals surface area contributed by atoms with Gasteiger partial charge in [-0.2, -0.15) is 4.31 Å². The first-order chi connectivity index (χ1) is 9.37. The zero-order chi connectivity index (χ0) is 15.2. The second kappa shape index (κ2) is 7.58. The first-order valence-corrected chi connectivity index (χ1v) is 8.26. The van der Waals surface area contributed by atoms with Gasteiger partial charge in [-0.05, 0) is 12.5 Å². The van der Waals surface area contributed by atoms with Crippen molar-refractivity contribution in [3.63, 3.8) is 0 Å². The summed E-state index contributed by atoms with van der Waals surface area (Å²) in [4.78, 5) is 11.6. The van der Waals surface area contributed by atoms with E-state index < -0.39 is 10.0 Å². The molecule has 0 aliphatic carbocycles. The molecule has 0 aliphatic rings. The van der Waals surface area contributed by atoms with E-state index in [1.165, 1.54) is 13.1 Å². The zero-order valence-corrected chi connectivity index (χ0v) is 13.1. The summed E-state index contributed by atoms with van der Waals surface area (Å²) < 4.78 is 30.3. The fourth-order valence-electron chi connectivity index (χ4n) is 1.41. The van der Waals surface area contributed by atoms with Crippen LogP contribution in [0.15, 0.2) is 15.7 Å². The molecular formula is C11H19N3O4S2. The Kier molecular flexibility index (Phi) is 6.40. The van der Waals surface area contributed by atoms with Crippen molar-refractivity contribution in [3.8, 4) is 0 Å². The summed E-state index contributed by atoms with van der Waals surface area (Å²) in [6, 6.07) is 1.38. The maximum absolute atomic E-state index is 12.1. The van der Waals surface area contributed by atoms with E-state index in [2.05, 4.69) is 5.32 Å². The van der Waals surface area contributed by atoms with Gasteiger partial charge in [-0.25, -0.2) is 8.42 Å². The summed E-state index contributed by atoms with van der Waals surface area (Å²) in [5, 5.41) is 4.18. The Morgan fingerprint density at radius 3 is 2.80 bits per heavy atom. The lowest BCUT2D eigenvalue weighted by molar-refractivity contribution is -0.121. The molecule has 0 aromatic carbocycles. The molecule has 1 aromatic heterocycles. The zero-order valence-electron chi connectivity index (χ0n) is 11.5. The Bertz CT molecular complexity index is 542. The molecule has 0 unspecified atom stereocenters. The third-order valence-corrected chi connectivity index (χ3v) is 5.71. The molecule has 1 aromatic rings. The number of amides is 1. The molecule has 0 saturated heterocycles. The van der Waals surface area contributed by atoms with Gasteiger partial charge >= 0.3 is 0 Å². The average molecular weight is 321 g/mol. The summed E-state index contributed by atoms with van der Waals surface area (Å²) in [5.74, 6) is -0.350. The van der Waals surface area contributed by atoms with Gasteiger partial charge in [-0.3, -0.25) is 4.79 Å². The molecule has 9 heteroatoms. The smallest absolute Gasteiger partial charge is 0.252 e. The minimum absolute atomic E-state index is 0.129. The molecular weight excluding hydrogens is 302 g/mol. The Labute approximate surface area is 122 Å². The van der Waals surface area contributed by atoms with Crippen molar-refractivity contribution >= 4 is 33.0 Å². The molecule has 7 nitrogen and oxygen atoms in total. The van der Waals surface area contributed by atoms with E-state index in [1.54, 1.807) is 12.5 Å². The number of methoxy groups -OCH3 is 1. The van der Waals surface area contributed by atoms with Crippen LogP contribution in [0.25, 0.3) is 0 Å². The number of sulfonamides is 1. The van der Waals surface area contributed by atoms with E-state index in [1.807, 2.05) is 0 Å². The van der Waals surface area contributed by atoms with Crippen LogP contribution in [0.2, 0.25) is 0 Å². The molecule has 0 bridgehead atoms. The van der Waals surface area contributed by atoms with Crippen molar-refractivity contribution in [1.29, 1.82) is 0 Å². The first kappa shape index (κ1) is 16.9. The molecule has 1 heterocycles. The maximum Gasteiger partial charge on any atom is 0.252 e. The van der Waals surface area contributed by atoms with Crippen molar-refractivity contribution in [2.45, 2.75) is 10.6 Å². The molecule has 0 atom stereocenters. The second-order valence-corrected chi connectivity index (χ2v) is 7.34. The lowest BCUT2D eigenvalue weighted by atomic mass is 10.4. The summed E-state index contributed by atoms with van der Waals surface area (Å²) in [5.41, 5.74) is 5.90. The number of hydrogen-bond donors (Lipinski definition) is 2. The molecule has 0 radical (unpaired) electrons. The third-order valence-electron chi connectivity index (χ3n) is 2.47. The summed E-state index contributed by atoms with van der Waals surface area (Å²) in [7, 11) is -0.723. The van der Waals surface area contributed by atoms with E-state index in [9.17, 15) is 13.2 Å². The standard InChI is InChI=1S/C11H19N3O4S2/c1-14(7-10(15)13-4-3-5-18-2)20(16,17)11-6-9(12)8-19-11/h6,8H,3-5,7,12H2,1-2H3,(H,13,15). The molecule has 0 aliphatic heterocycles. The normalized spacial score (nSPS) is 11.8. The van der Waals surface area contributed by atoms with Crippen LogP contribution in [0.1, 0.15) is 6.42 Å². The largest absolute Gasteiger partial charge is 0.398 e. The van der Waals surface area contributed by atoms with E-state index in [0.717, 1.165) is 15.6 Å². The predicted molar refractivity (Wildman–Crippen MR) is 78.0 cm³/mol. The lowest BCUT2D eigenvalue weighted by Gasteiger charge is -2.15. The van der Waals surface area contributed by atoms with Gasteiger partial charge in [0.25, 0.3) is 10.0 Å². The van der Waals surface area contributed by atoms with Gasteiger partial charge in [-0.15, -0.1) is 11.3 Å². The number of anilines is 1. The number of nitrogen functional groups attached to an aromatic ring is 1. The fraction of sp³-hybridized carbons (Fsp3) is 0.545. The highest BCUT2D eigenvalue weighted by Gasteiger charge is 2.24. The number of rotatable bonds is 8. The van der Waals surface area contributed by atoms with Gasteiger partial charge < -0.3 is 15.8 Å². The minimum atomic E-state index is -3.66. The van der Waals surface area contributed by atoms with Crippen molar-refractivity contribution in [1.82, 2.24) is 9.62 Å². The Morgan fingerprint density at radius 1 is 1.55 bits per heavy atom. The SMILES string of the molecule is COCCCNC(=O)CN(C)S(=O)(=O)c1cc(N)cs1. The van der Waals surface area contributed by atoms with Gasteiger partial charge in [0.05, 0.1) is 6.54 Å². The molecule has 3 N–H and O–H groups in total. The first-order valence-electron chi connectivity index (χ1n) is 5.94. The highest BCUT2D eigenvalue weighted by Crippen LogP contribution is 2.24. The van der Waals surface area contributed by atoms with Crippen LogP contribution in [0.4, 0.5) is 5.69 Å². The Hall–Kier alpha value is -1.16. The number of carbonyl (C=O) groups excluding carboxylic acids is 1. The molecule has 1 amide bonds. The minimum Gasteiger partial charge on any atom is -0.398 e. The van der Waals surface area contributed by atoms with Crippen LogP contribution < -0.4 is 11.1 Å². The second-order valence-electron chi connectivity index (χ2n) is 4.16. The highest BCUT2D eigenvalue weighted by atomic mass is 32.2. The molecule has 0 fully saturated rings. The van der Waals surface area contributed by atoms with Gasteiger partial charge in [0.15, 0.2) is 0 Å². The van der Waals surface area contributed by atoms with Crippen LogP contribution >= 0.6 is 11.3 Å². The van der Waals surface area contributed by atoms with Gasteiger partial charge in [0.1, 0.15) is 4.21 Å². The van der Waals surface area contributed by atoms with Crippen LogP contribution in [-0.4, -0.2) is 52.5 Å². The molecule has 0 saturated carbocycles. The van der Waals surface area contributed by atoms with Gasteiger partial charge in [0.2, 0.25) is 5.91 Å². The lowest BCUT2D eigenvalue weighted by Crippen LogP contribution is -2.38. The van der Waals surface area contributed by atoms with E-state index in [4.69, 9.17) is 10.5 Å². The number of carbonyl (C=O) groups is 1. The average Bonchev–Trinajstić information content (AvgIpc) is 2.82. The summed E-state index contributed by atoms with van der Waals surface area (Å²) in [6.45, 7) is 0.766. The van der Waals surface area contributed by atoms with E-state index >= 15 is 0 Å². The van der Waals surface area contributed by atoms with Crippen LogP contribution in [0, 0.1) is 0 Å². The quantitative estimate of drug-likeness (QED) is 0.661. The number of thiophene rings is 1. The summed E-state index contributed by atoms with van der Waals surface area (Å²) in [6.07, 6.45) is 0.681. The highest BCUT2D eigenvalue weighted by molar-refractivity contribution is 7.91. The van der Waals surface area contributed by atoms with E-state index in [-0.39, 0.29) is 16.7 Å². The molecule has 20 heavy (non-hydrogen) atoms. The number of likely N-dealkylation sites (N-methyl/N-ethyl adjacent to an activating group) is 1. The van der Waals surface area contributed by atoms with Gasteiger partial charge in [-0.1, -0.05) is 0 Å².